The second kappa shape index (κ2) is 21.7. The number of nitrogens with zero attached hydrogens (tertiary/aromatic N) is 4. The summed E-state index contributed by atoms with van der Waals surface area (Å²) in [7, 11) is 6.32. The van der Waals surface area contributed by atoms with Crippen molar-refractivity contribution in [3.05, 3.63) is 184 Å². The molecule has 0 bridgehead atoms. The summed E-state index contributed by atoms with van der Waals surface area (Å²) in [5.41, 5.74) is -2.03. The van der Waals surface area contributed by atoms with Gasteiger partial charge in [-0.25, -0.2) is 19.8 Å². The summed E-state index contributed by atoms with van der Waals surface area (Å²) in [6.07, 6.45) is -0.495. The molecule has 2 aliphatic carbocycles. The van der Waals surface area contributed by atoms with Gasteiger partial charge in [-0.05, 0) is 150 Å². The van der Waals surface area contributed by atoms with E-state index in [0.717, 1.165) is 9.80 Å². The Morgan fingerprint density at radius 3 is 1.06 bits per heavy atom. The molecule has 6 aromatic carbocycles. The van der Waals surface area contributed by atoms with Gasteiger partial charge in [0.1, 0.15) is 19.7 Å². The molecule has 4 aliphatic rings. The van der Waals surface area contributed by atoms with Crippen molar-refractivity contribution < 1.29 is 38.4 Å². The molecular weight excluding hydrogens is 1790 g/mol. The van der Waals surface area contributed by atoms with Crippen LogP contribution in [0.3, 0.4) is 0 Å². The van der Waals surface area contributed by atoms with E-state index in [1.807, 2.05) is 22.6 Å². The number of anilines is 2. The highest BCUT2D eigenvalue weighted by Gasteiger charge is 2.49. The summed E-state index contributed by atoms with van der Waals surface area (Å²) in [4.78, 5) is 128. The van der Waals surface area contributed by atoms with Crippen molar-refractivity contribution in [2.75, 3.05) is 9.80 Å². The first-order valence-electron chi connectivity index (χ1n) is 22.8. The molecule has 0 spiro atoms. The van der Waals surface area contributed by atoms with E-state index in [0.29, 0.717) is 25.9 Å². The van der Waals surface area contributed by atoms with Crippen LogP contribution in [-0.4, -0.2) is 64.6 Å². The van der Waals surface area contributed by atoms with Crippen LogP contribution in [0.4, 0.5) is 11.4 Å². The number of carbonyl (C=O) groups excluding carboxylic acids is 8. The van der Waals surface area contributed by atoms with Crippen LogP contribution in [0, 0.1) is 3.57 Å². The fourth-order valence-corrected chi connectivity index (χ4v) is 17.9. The number of carbonyl (C=O) groups is 8. The van der Waals surface area contributed by atoms with E-state index >= 15 is 19.2 Å². The summed E-state index contributed by atoms with van der Waals surface area (Å²) in [6, 6.07) is 8.14. The van der Waals surface area contributed by atoms with Crippen LogP contribution in [0.15, 0.2) is 63.2 Å². The van der Waals surface area contributed by atoms with Crippen molar-refractivity contribution in [3.63, 3.8) is 0 Å². The fourth-order valence-electron chi connectivity index (χ4n) is 10.6. The minimum absolute atomic E-state index is 0.00336. The van der Waals surface area contributed by atoms with Gasteiger partial charge in [-0.15, -0.1) is 0 Å². The minimum atomic E-state index is -1.51. The van der Waals surface area contributed by atoms with Crippen LogP contribution >= 0.6 is 234 Å². The zero-order valence-electron chi connectivity index (χ0n) is 39.4. The second-order valence-corrected chi connectivity index (χ2v) is 28.2. The number of imide groups is 2. The summed E-state index contributed by atoms with van der Waals surface area (Å²) < 4.78 is 2.43. The molecule has 30 heteroatoms. The van der Waals surface area contributed by atoms with Crippen LogP contribution in [0.2, 0.25) is 50.2 Å². The monoisotopic (exact) mass is 1790 g/mol. The lowest BCUT2D eigenvalue weighted by molar-refractivity contribution is 0.0871. The maximum Gasteiger partial charge on any atom is 0.267 e. The second-order valence-electron chi connectivity index (χ2n) is 18.5. The lowest BCUT2D eigenvalue weighted by Gasteiger charge is -2.25. The molecule has 1 atom stereocenters. The van der Waals surface area contributed by atoms with Gasteiger partial charge in [0.25, 0.3) is 23.6 Å². The Morgan fingerprint density at radius 1 is 0.422 bits per heavy atom. The van der Waals surface area contributed by atoms with Gasteiger partial charge in [0.15, 0.2) is 23.1 Å². The molecule has 2 aromatic heterocycles. The average molecular weight is 1800 g/mol. The number of rotatable bonds is 6. The normalized spacial score (nSPS) is 15.8. The quantitative estimate of drug-likeness (QED) is 0.0390. The number of halogens is 17. The molecule has 0 saturated carbocycles. The van der Waals surface area contributed by atoms with E-state index in [-0.39, 0.29) is 118 Å². The van der Waals surface area contributed by atoms with Gasteiger partial charge in [-0.2, -0.15) is 0 Å². The lowest BCUT2D eigenvalue weighted by atomic mass is 9.92. The first-order valence-corrected chi connectivity index (χ1v) is 32.4. The van der Waals surface area contributed by atoms with Gasteiger partial charge < -0.3 is 0 Å². The highest BCUT2D eigenvalue weighted by atomic mass is 127. The largest absolute Gasteiger partial charge is 0.293 e. The molecule has 4 heterocycles. The number of ketones is 4. The van der Waals surface area contributed by atoms with Crippen molar-refractivity contribution in [2.45, 2.75) is 18.3 Å². The third kappa shape index (κ3) is 8.65. The average Bonchev–Trinajstić information content (AvgIpc) is 4.20. The highest BCUT2D eigenvalue weighted by molar-refractivity contribution is 14.1. The molecule has 412 valence electrons. The summed E-state index contributed by atoms with van der Waals surface area (Å²) in [5.74, 6) is -9.67. The number of hydrogen-bond donors (Lipinski definition) is 0. The molecule has 4 amide bonds. The number of hydrogen-bond acceptors (Lipinski definition) is 10. The molecule has 0 saturated heterocycles. The van der Waals surface area contributed by atoms with Gasteiger partial charge in [0, 0.05) is 69.9 Å². The third-order valence-corrected chi connectivity index (χ3v) is 26.5. The summed E-state index contributed by atoms with van der Waals surface area (Å²) in [6.45, 7) is 0. The first kappa shape index (κ1) is 60.9. The van der Waals surface area contributed by atoms with E-state index < -0.39 is 107 Å². The Kier molecular flexibility index (Phi) is 15.9. The Bertz CT molecular complexity index is 4230. The van der Waals surface area contributed by atoms with Gasteiger partial charge in [-0.3, -0.25) is 38.4 Å². The van der Waals surface area contributed by atoms with Gasteiger partial charge in [0.2, 0.25) is 0 Å². The SMILES string of the molecule is [B]c1c(Br)c(Br)c2c(c1I)C(=O)C(c1ccc3c(N4C(=O)c5c(Cl)c(Cl)c(Cl)c(Cl)c5C4=O)c(Cc4cc(Cl)c5nc(C6C(=O)c7c(Br)c(Br)c(Br)c(Br)c7C6=O)ccc5c4N4C(=O)c5c(Cl)c(Cl)c(Cl)c(Cl)c5C4=O)cc(Cl)c3n1)C2=O. The molecule has 83 heavy (non-hydrogen) atoms. The standard InChI is InChI=1S/C53H10BBr6Cl10IN4O8/c54-26-30(58)27(55)20-25(41(26)71)49(79)17(48(20)78)15-4-2-11-43(73-15)13(62)7-9(45(11)75-52(82)23-24(53(75)83)36(66)40(70)39(69)35(23)65)5-8-6-12(61)42-10(44(8)74-50(80)21-22(51(74)81)34(64)38(68)37(67)33(21)63)1-3-14(72-42)16-46(76)18-19(47(16)77)29(57)32(60)31(59)28(18)56/h1-4,6-7,16-17H,5H2. The van der Waals surface area contributed by atoms with Gasteiger partial charge >= 0.3 is 0 Å². The van der Waals surface area contributed by atoms with Crippen molar-refractivity contribution in [2.24, 2.45) is 0 Å². The molecule has 0 N–H and O–H groups in total. The molecule has 0 fully saturated rings. The van der Waals surface area contributed by atoms with Gasteiger partial charge in [-0.1, -0.05) is 137 Å². The number of aromatic nitrogens is 2. The fraction of sp³-hybridized carbons (Fsp3) is 0.0566. The highest BCUT2D eigenvalue weighted by Crippen LogP contribution is 2.54. The van der Waals surface area contributed by atoms with Crippen LogP contribution in [0.1, 0.15) is 117 Å². The smallest absolute Gasteiger partial charge is 0.267 e. The molecule has 1 unspecified atom stereocenters. The van der Waals surface area contributed by atoms with Crippen molar-refractivity contribution in [1.82, 2.24) is 9.97 Å². The van der Waals surface area contributed by atoms with Crippen LogP contribution < -0.4 is 15.3 Å². The minimum Gasteiger partial charge on any atom is -0.293 e. The molecule has 12 rings (SSSR count). The van der Waals surface area contributed by atoms with Crippen molar-refractivity contribution in [1.29, 1.82) is 0 Å². The summed E-state index contributed by atoms with van der Waals surface area (Å²) in [5, 5.41) is -3.35. The molecule has 2 radical (unpaired) electrons. The Hall–Kier alpha value is -2.33. The van der Waals surface area contributed by atoms with Gasteiger partial charge in [0.05, 0.1) is 106 Å². The first-order chi connectivity index (χ1) is 39.1. The zero-order chi connectivity index (χ0) is 60.1. The number of Topliss-reactive ketones (excluding diaryl/α,β-unsaturated/α-hetero) is 4. The van der Waals surface area contributed by atoms with Crippen LogP contribution in [0.25, 0.3) is 21.8 Å². The van der Waals surface area contributed by atoms with E-state index in [9.17, 15) is 19.2 Å². The molecular formula is C53H10BBr6Cl10IN4O8. The Balaban J connectivity index is 1.09. The number of pyridine rings is 2. The van der Waals surface area contributed by atoms with E-state index in [2.05, 4.69) is 95.6 Å². The van der Waals surface area contributed by atoms with E-state index in [1.54, 1.807) is 0 Å². The number of fused-ring (bicyclic) bond motifs is 6. The number of benzene rings is 6. The Labute approximate surface area is 580 Å². The molecule has 8 aromatic rings. The molecule has 12 nitrogen and oxygen atoms in total. The van der Waals surface area contributed by atoms with Crippen molar-refractivity contribution in [3.8, 4) is 0 Å². The topological polar surface area (TPSA) is 169 Å². The Morgan fingerprint density at radius 2 is 0.723 bits per heavy atom. The van der Waals surface area contributed by atoms with E-state index in [1.165, 1.54) is 36.4 Å². The lowest BCUT2D eigenvalue weighted by Crippen LogP contribution is -2.32. The van der Waals surface area contributed by atoms with E-state index in [4.69, 9.17) is 134 Å². The predicted molar refractivity (Wildman–Crippen MR) is 352 cm³/mol. The van der Waals surface area contributed by atoms with Crippen LogP contribution in [-0.2, 0) is 6.42 Å². The maximum absolute atomic E-state index is 15.0. The zero-order valence-corrected chi connectivity index (χ0v) is 58.6. The number of amides is 4. The third-order valence-electron chi connectivity index (χ3n) is 14.3. The maximum atomic E-state index is 15.0. The summed E-state index contributed by atoms with van der Waals surface area (Å²) >= 11 is 89.5. The predicted octanol–water partition coefficient (Wildman–Crippen LogP) is 18.8. The molecule has 2 aliphatic heterocycles. The van der Waals surface area contributed by atoms with Crippen molar-refractivity contribution >= 4 is 327 Å². The van der Waals surface area contributed by atoms with Crippen LogP contribution in [0.5, 0.6) is 0 Å².